The highest BCUT2D eigenvalue weighted by Gasteiger charge is 2.21. The fraction of sp³-hybridized carbons (Fsp3) is 0.909. The minimum absolute atomic E-state index is 0.490. The number of aliphatic hydroxyl groups is 1. The quantitative estimate of drug-likeness (QED) is 0.655. The van der Waals surface area contributed by atoms with Crippen LogP contribution in [0.1, 0.15) is 26.7 Å². The maximum absolute atomic E-state index is 9.93. The molecule has 0 aliphatic heterocycles. The molecule has 0 saturated carbocycles. The van der Waals surface area contributed by atoms with Gasteiger partial charge < -0.3 is 9.84 Å². The highest BCUT2D eigenvalue weighted by atomic mass is 16.5. The predicted molar refractivity (Wildman–Crippen MR) is 59.5 cm³/mol. The Morgan fingerprint density at radius 2 is 2.13 bits per heavy atom. The van der Waals surface area contributed by atoms with Crippen LogP contribution in [-0.4, -0.2) is 49.0 Å². The molecule has 0 aromatic carbocycles. The van der Waals surface area contributed by atoms with Crippen LogP contribution in [0.2, 0.25) is 0 Å². The summed E-state index contributed by atoms with van der Waals surface area (Å²) in [5.74, 6) is 0. The van der Waals surface area contributed by atoms with Crippen molar-refractivity contribution in [1.82, 2.24) is 4.90 Å². The van der Waals surface area contributed by atoms with Crippen molar-refractivity contribution in [2.24, 2.45) is 0 Å². The van der Waals surface area contributed by atoms with Gasteiger partial charge in [0.1, 0.15) is 0 Å². The molecule has 0 saturated heterocycles. The molecule has 0 radical (unpaired) electrons. The lowest BCUT2D eigenvalue weighted by Gasteiger charge is -2.30. The monoisotopic (exact) mass is 214 g/mol. The molecule has 1 atom stereocenters. The number of methoxy groups -OCH3 is 1. The van der Waals surface area contributed by atoms with Crippen LogP contribution in [0.15, 0.2) is 0 Å². The van der Waals surface area contributed by atoms with E-state index in [4.69, 9.17) is 10.00 Å². The fourth-order valence-corrected chi connectivity index (χ4v) is 1.29. The normalized spacial score (nSPS) is 14.9. The Hall–Kier alpha value is -0.630. The molecule has 88 valence electrons. The summed E-state index contributed by atoms with van der Waals surface area (Å²) in [5, 5.41) is 18.5. The summed E-state index contributed by atoms with van der Waals surface area (Å²) in [5.41, 5.74) is -0.677. The maximum Gasteiger partial charge on any atom is 0.0743 e. The van der Waals surface area contributed by atoms with Gasteiger partial charge in [-0.2, -0.15) is 5.26 Å². The maximum atomic E-state index is 9.93. The molecule has 0 rings (SSSR count). The number of ether oxygens (including phenoxy) is 1. The molecular weight excluding hydrogens is 192 g/mol. The van der Waals surface area contributed by atoms with Crippen LogP contribution in [-0.2, 0) is 4.74 Å². The zero-order valence-electron chi connectivity index (χ0n) is 9.99. The van der Waals surface area contributed by atoms with E-state index < -0.39 is 5.60 Å². The zero-order valence-corrected chi connectivity index (χ0v) is 9.99. The zero-order chi connectivity index (χ0) is 11.7. The number of hydrogen-bond acceptors (Lipinski definition) is 4. The second-order valence-electron chi connectivity index (χ2n) is 4.03. The molecule has 15 heavy (non-hydrogen) atoms. The molecule has 0 aliphatic rings. The van der Waals surface area contributed by atoms with E-state index in [1.54, 1.807) is 7.11 Å². The van der Waals surface area contributed by atoms with Crippen LogP contribution >= 0.6 is 0 Å². The third-order valence-electron chi connectivity index (χ3n) is 2.48. The van der Waals surface area contributed by atoms with E-state index in [0.717, 1.165) is 6.54 Å². The smallest absolute Gasteiger partial charge is 0.0743 e. The van der Waals surface area contributed by atoms with Gasteiger partial charge in [0.15, 0.2) is 0 Å². The van der Waals surface area contributed by atoms with Gasteiger partial charge in [0.05, 0.1) is 18.3 Å². The molecule has 4 heteroatoms. The summed E-state index contributed by atoms with van der Waals surface area (Å²) >= 11 is 0. The number of nitrogens with zero attached hydrogens (tertiary/aromatic N) is 2. The molecule has 1 N–H and O–H groups in total. The second-order valence-corrected chi connectivity index (χ2v) is 4.03. The largest absolute Gasteiger partial charge is 0.389 e. The third-order valence-corrected chi connectivity index (χ3v) is 2.48. The topological polar surface area (TPSA) is 56.5 Å². The Labute approximate surface area is 92.4 Å². The standard InChI is InChI=1S/C11H22N2O2/c1-4-11(2,14)10-13(7-5-6-12)8-9-15-3/h14H,4-5,7-10H2,1-3H3. The molecule has 0 bridgehead atoms. The molecule has 0 amide bonds. The van der Waals surface area contributed by atoms with Crippen molar-refractivity contribution in [3.63, 3.8) is 0 Å². The summed E-state index contributed by atoms with van der Waals surface area (Å²) in [4.78, 5) is 2.07. The Balaban J connectivity index is 4.05. The second kappa shape index (κ2) is 7.63. The van der Waals surface area contributed by atoms with Crippen molar-refractivity contribution in [1.29, 1.82) is 5.26 Å². The molecule has 0 spiro atoms. The lowest BCUT2D eigenvalue weighted by atomic mass is 10.0. The van der Waals surface area contributed by atoms with Crippen LogP contribution in [0.3, 0.4) is 0 Å². The molecule has 0 aromatic heterocycles. The van der Waals surface area contributed by atoms with E-state index in [0.29, 0.717) is 32.5 Å². The lowest BCUT2D eigenvalue weighted by molar-refractivity contribution is 0.0104. The average molecular weight is 214 g/mol. The van der Waals surface area contributed by atoms with Crippen molar-refractivity contribution in [3.05, 3.63) is 0 Å². The minimum Gasteiger partial charge on any atom is -0.389 e. The van der Waals surface area contributed by atoms with Crippen LogP contribution in [0, 0.1) is 11.3 Å². The number of rotatable bonds is 8. The number of hydrogen-bond donors (Lipinski definition) is 1. The van der Waals surface area contributed by atoms with Gasteiger partial charge in [0, 0.05) is 33.2 Å². The van der Waals surface area contributed by atoms with Crippen molar-refractivity contribution in [3.8, 4) is 6.07 Å². The van der Waals surface area contributed by atoms with Crippen molar-refractivity contribution >= 4 is 0 Å². The lowest BCUT2D eigenvalue weighted by Crippen LogP contribution is -2.42. The highest BCUT2D eigenvalue weighted by molar-refractivity contribution is 4.79. The summed E-state index contributed by atoms with van der Waals surface area (Å²) in [7, 11) is 1.65. The summed E-state index contributed by atoms with van der Waals surface area (Å²) in [6.45, 7) is 6.45. The van der Waals surface area contributed by atoms with Gasteiger partial charge in [-0.05, 0) is 13.3 Å². The van der Waals surface area contributed by atoms with Crippen LogP contribution < -0.4 is 0 Å². The van der Waals surface area contributed by atoms with E-state index in [2.05, 4.69) is 11.0 Å². The van der Waals surface area contributed by atoms with E-state index in [1.165, 1.54) is 0 Å². The van der Waals surface area contributed by atoms with Gasteiger partial charge in [-0.3, -0.25) is 4.90 Å². The van der Waals surface area contributed by atoms with Gasteiger partial charge in [0.25, 0.3) is 0 Å². The first-order valence-electron chi connectivity index (χ1n) is 5.36. The molecule has 0 aromatic rings. The molecule has 0 aliphatic carbocycles. The predicted octanol–water partition coefficient (Wildman–Crippen LogP) is 1.01. The third kappa shape index (κ3) is 7.32. The average Bonchev–Trinajstić information content (AvgIpc) is 2.22. The van der Waals surface area contributed by atoms with E-state index in [9.17, 15) is 5.11 Å². The van der Waals surface area contributed by atoms with Gasteiger partial charge in [0.2, 0.25) is 0 Å². The van der Waals surface area contributed by atoms with Gasteiger partial charge in [-0.15, -0.1) is 0 Å². The molecule has 4 nitrogen and oxygen atoms in total. The first-order chi connectivity index (χ1) is 7.05. The van der Waals surface area contributed by atoms with Gasteiger partial charge in [-0.1, -0.05) is 6.92 Å². The summed E-state index contributed by atoms with van der Waals surface area (Å²) in [6, 6.07) is 2.11. The van der Waals surface area contributed by atoms with E-state index in [-0.39, 0.29) is 0 Å². The van der Waals surface area contributed by atoms with Crippen molar-refractivity contribution in [2.45, 2.75) is 32.3 Å². The van der Waals surface area contributed by atoms with Gasteiger partial charge in [-0.25, -0.2) is 0 Å². The Morgan fingerprint density at radius 1 is 1.47 bits per heavy atom. The van der Waals surface area contributed by atoms with E-state index >= 15 is 0 Å². The Kier molecular flexibility index (Phi) is 7.31. The van der Waals surface area contributed by atoms with Crippen LogP contribution in [0.4, 0.5) is 0 Å². The molecule has 0 heterocycles. The molecule has 1 unspecified atom stereocenters. The Morgan fingerprint density at radius 3 is 2.60 bits per heavy atom. The van der Waals surface area contributed by atoms with Crippen LogP contribution in [0.25, 0.3) is 0 Å². The summed E-state index contributed by atoms with van der Waals surface area (Å²) in [6.07, 6.45) is 1.20. The minimum atomic E-state index is -0.677. The first kappa shape index (κ1) is 14.4. The van der Waals surface area contributed by atoms with Crippen molar-refractivity contribution < 1.29 is 9.84 Å². The SMILES string of the molecule is CCC(C)(O)CN(CCC#N)CCOC. The first-order valence-corrected chi connectivity index (χ1v) is 5.36. The molecular formula is C11H22N2O2. The van der Waals surface area contributed by atoms with E-state index in [1.807, 2.05) is 13.8 Å². The summed E-state index contributed by atoms with van der Waals surface area (Å²) < 4.78 is 4.99. The molecule has 0 fully saturated rings. The number of nitriles is 1. The van der Waals surface area contributed by atoms with Gasteiger partial charge >= 0.3 is 0 Å². The Bertz CT molecular complexity index is 199. The highest BCUT2D eigenvalue weighted by Crippen LogP contribution is 2.10. The van der Waals surface area contributed by atoms with Crippen LogP contribution in [0.5, 0.6) is 0 Å². The van der Waals surface area contributed by atoms with Crippen molar-refractivity contribution in [2.75, 3.05) is 33.4 Å². The fourth-order valence-electron chi connectivity index (χ4n) is 1.29.